The first-order valence-electron chi connectivity index (χ1n) is 0.893. The minimum absolute atomic E-state index is 0. The van der Waals surface area contributed by atoms with Crippen LogP contribution in [0.1, 0.15) is 6.92 Å². The number of hydrogen-bond acceptors (Lipinski definition) is 1. The molecule has 5 heavy (non-hydrogen) atoms. The van der Waals surface area contributed by atoms with E-state index in [1.165, 1.54) is 0 Å². The molecule has 0 aliphatic heterocycles. The van der Waals surface area contributed by atoms with Crippen LogP contribution in [0.3, 0.4) is 0 Å². The molecule has 1 nitrogen and oxygen atoms in total. The fraction of sp³-hybridized carbons (Fsp3) is 0.500. The van der Waals surface area contributed by atoms with Crippen molar-refractivity contribution in [1.82, 2.24) is 0 Å². The summed E-state index contributed by atoms with van der Waals surface area (Å²) in [5.74, 6) is 0. The van der Waals surface area contributed by atoms with Crippen molar-refractivity contribution in [2.45, 2.75) is 6.92 Å². The fourth-order valence-corrected chi connectivity index (χ4v) is 0. The summed E-state index contributed by atoms with van der Waals surface area (Å²) in [4.78, 5) is 8.78. The van der Waals surface area contributed by atoms with Crippen molar-refractivity contribution >= 4 is 6.04 Å². The Bertz CT molecular complexity index is 32.6. The molecule has 3 heteroatoms. The number of hydrogen-bond donors (Lipinski definition) is 0. The summed E-state index contributed by atoms with van der Waals surface area (Å²) in [6, 6.07) is -1.33. The Morgan fingerprint density at radius 3 is 1.80 bits per heavy atom. The molecule has 0 saturated carbocycles. The SMILES string of the molecule is CC(=O)F.[Pd]. The molecule has 0 bridgehead atoms. The monoisotopic (exact) mass is 168 g/mol. The van der Waals surface area contributed by atoms with Gasteiger partial charge in [0, 0.05) is 27.3 Å². The van der Waals surface area contributed by atoms with Gasteiger partial charge in [0.1, 0.15) is 0 Å². The third-order valence-electron chi connectivity index (χ3n) is 0. The Balaban J connectivity index is 0. The van der Waals surface area contributed by atoms with E-state index in [1.807, 2.05) is 0 Å². The first-order chi connectivity index (χ1) is 1.73. The van der Waals surface area contributed by atoms with Crippen LogP contribution in [0, 0.1) is 0 Å². The molecule has 0 saturated heterocycles. The van der Waals surface area contributed by atoms with Crippen molar-refractivity contribution < 1.29 is 29.6 Å². The summed E-state index contributed by atoms with van der Waals surface area (Å²) in [7, 11) is 0. The van der Waals surface area contributed by atoms with E-state index in [1.54, 1.807) is 0 Å². The van der Waals surface area contributed by atoms with Crippen LogP contribution < -0.4 is 0 Å². The van der Waals surface area contributed by atoms with Crippen LogP contribution in [0.5, 0.6) is 0 Å². The van der Waals surface area contributed by atoms with Gasteiger partial charge in [-0.15, -0.1) is 0 Å². The molecule has 0 fully saturated rings. The fourth-order valence-electron chi connectivity index (χ4n) is 0. The van der Waals surface area contributed by atoms with Crippen LogP contribution >= 0.6 is 0 Å². The van der Waals surface area contributed by atoms with Crippen molar-refractivity contribution in [3.63, 3.8) is 0 Å². The van der Waals surface area contributed by atoms with Crippen molar-refractivity contribution in [3.8, 4) is 0 Å². The van der Waals surface area contributed by atoms with E-state index < -0.39 is 6.04 Å². The largest absolute Gasteiger partial charge is 0.298 e. The van der Waals surface area contributed by atoms with E-state index in [0.717, 1.165) is 6.92 Å². The molecule has 0 radical (unpaired) electrons. The summed E-state index contributed by atoms with van der Waals surface area (Å²) in [6.45, 7) is 0.861. The number of rotatable bonds is 0. The molecule has 34 valence electrons. The second kappa shape index (κ2) is 4.26. The molecule has 0 atom stereocenters. The predicted molar refractivity (Wildman–Crippen MR) is 11.8 cm³/mol. The number of carbonyl (C=O) groups is 1. The van der Waals surface area contributed by atoms with Crippen LogP contribution in [0.15, 0.2) is 0 Å². The zero-order valence-electron chi connectivity index (χ0n) is 2.60. The maximum atomic E-state index is 10.4. The van der Waals surface area contributed by atoms with Gasteiger partial charge in [-0.05, 0) is 0 Å². The summed E-state index contributed by atoms with van der Waals surface area (Å²) in [5, 5.41) is 0. The minimum Gasteiger partial charge on any atom is -0.262 e. The van der Waals surface area contributed by atoms with Crippen molar-refractivity contribution in [2.24, 2.45) is 0 Å². The Morgan fingerprint density at radius 1 is 1.80 bits per heavy atom. The first-order valence-corrected chi connectivity index (χ1v) is 0.893. The quantitative estimate of drug-likeness (QED) is 0.380. The summed E-state index contributed by atoms with van der Waals surface area (Å²) < 4.78 is 10.4. The van der Waals surface area contributed by atoms with E-state index in [9.17, 15) is 4.39 Å². The Kier molecular flexibility index (Phi) is 7.66. The normalized spacial score (nSPS) is 5.20. The molecule has 0 aromatic carbocycles. The smallest absolute Gasteiger partial charge is 0.262 e. The van der Waals surface area contributed by atoms with Crippen LogP contribution in [0.2, 0.25) is 0 Å². The Hall–Kier alpha value is 0.262. The Morgan fingerprint density at radius 2 is 1.80 bits per heavy atom. The molecule has 0 rings (SSSR count). The second-order valence-corrected chi connectivity index (χ2v) is 0.470. The summed E-state index contributed by atoms with van der Waals surface area (Å²) in [6.07, 6.45) is 0. The number of halogens is 1. The molecule has 0 amide bonds. The van der Waals surface area contributed by atoms with Crippen LogP contribution in [-0.4, -0.2) is 6.04 Å². The van der Waals surface area contributed by atoms with Crippen molar-refractivity contribution in [1.29, 1.82) is 0 Å². The molecule has 0 aromatic heterocycles. The van der Waals surface area contributed by atoms with Gasteiger partial charge in [-0.3, -0.25) is 4.79 Å². The second-order valence-electron chi connectivity index (χ2n) is 0.470. The maximum absolute atomic E-state index is 10.4. The maximum Gasteiger partial charge on any atom is 0.298 e. The molecular formula is C2H3FOPd. The van der Waals surface area contributed by atoms with Gasteiger partial charge < -0.3 is 0 Å². The topological polar surface area (TPSA) is 17.1 Å². The van der Waals surface area contributed by atoms with Crippen LogP contribution in [-0.2, 0) is 25.2 Å². The standard InChI is InChI=1S/C2H3FO.Pd/c1-2(3)4;/h1H3;. The van der Waals surface area contributed by atoms with Crippen molar-refractivity contribution in [2.75, 3.05) is 0 Å². The van der Waals surface area contributed by atoms with Gasteiger partial charge in [-0.2, -0.15) is 4.39 Å². The van der Waals surface area contributed by atoms with Crippen LogP contribution in [0.25, 0.3) is 0 Å². The van der Waals surface area contributed by atoms with E-state index in [-0.39, 0.29) is 20.4 Å². The molecule has 0 aromatic rings. The summed E-state index contributed by atoms with van der Waals surface area (Å²) in [5.41, 5.74) is 0. The van der Waals surface area contributed by atoms with E-state index in [2.05, 4.69) is 0 Å². The third-order valence-corrected chi connectivity index (χ3v) is 0. The van der Waals surface area contributed by atoms with Crippen molar-refractivity contribution in [3.05, 3.63) is 0 Å². The zero-order valence-corrected chi connectivity index (χ0v) is 4.16. The van der Waals surface area contributed by atoms with Crippen LogP contribution in [0.4, 0.5) is 4.39 Å². The molecule has 0 aliphatic rings. The summed E-state index contributed by atoms with van der Waals surface area (Å²) >= 11 is 0. The van der Waals surface area contributed by atoms with Gasteiger partial charge in [0.25, 0.3) is 6.04 Å². The average Bonchev–Trinajstić information content (AvgIpc) is 0.811. The predicted octanol–water partition coefficient (Wildman–Crippen LogP) is 0.500. The third kappa shape index (κ3) is 317. The number of carbonyl (C=O) groups excluding carboxylic acids is 1. The molecule has 0 aliphatic carbocycles. The van der Waals surface area contributed by atoms with Gasteiger partial charge in [0.15, 0.2) is 0 Å². The molecule has 0 heterocycles. The van der Waals surface area contributed by atoms with Gasteiger partial charge in [0.2, 0.25) is 0 Å². The van der Waals surface area contributed by atoms with Gasteiger partial charge in [-0.1, -0.05) is 0 Å². The average molecular weight is 168 g/mol. The van der Waals surface area contributed by atoms with E-state index in [4.69, 9.17) is 4.79 Å². The minimum atomic E-state index is -1.33. The van der Waals surface area contributed by atoms with Gasteiger partial charge in [0.05, 0.1) is 0 Å². The molecular weight excluding hydrogens is 165 g/mol. The van der Waals surface area contributed by atoms with E-state index >= 15 is 0 Å². The molecule has 0 spiro atoms. The zero-order chi connectivity index (χ0) is 3.58. The first kappa shape index (κ1) is 8.98. The molecule has 0 unspecified atom stereocenters. The van der Waals surface area contributed by atoms with Gasteiger partial charge in [-0.25, -0.2) is 0 Å². The Labute approximate surface area is 43.2 Å². The van der Waals surface area contributed by atoms with E-state index in [0.29, 0.717) is 0 Å². The molecule has 0 N–H and O–H groups in total. The van der Waals surface area contributed by atoms with Gasteiger partial charge >= 0.3 is 0 Å².